The third kappa shape index (κ3) is 4.06. The fourth-order valence-electron chi connectivity index (χ4n) is 1.79. The van der Waals surface area contributed by atoms with Crippen LogP contribution in [0, 0.1) is 19.8 Å². The molecular weight excluding hydrogens is 214 g/mol. The van der Waals surface area contributed by atoms with Crippen molar-refractivity contribution in [3.05, 3.63) is 22.8 Å². The molecule has 0 spiro atoms. The highest BCUT2D eigenvalue weighted by Crippen LogP contribution is 2.15. The molecule has 0 aromatic carbocycles. The van der Waals surface area contributed by atoms with E-state index in [0.29, 0.717) is 25.7 Å². The first-order chi connectivity index (χ1) is 8.08. The molecule has 2 N–H and O–H groups in total. The lowest BCUT2D eigenvalue weighted by Gasteiger charge is -2.14. The minimum atomic E-state index is 0.466. The van der Waals surface area contributed by atoms with Crippen LogP contribution in [-0.2, 0) is 17.8 Å². The van der Waals surface area contributed by atoms with Crippen LogP contribution >= 0.6 is 0 Å². The fraction of sp³-hybridized carbons (Fsp3) is 0.692. The Morgan fingerprint density at radius 1 is 1.24 bits per heavy atom. The van der Waals surface area contributed by atoms with Crippen LogP contribution in [0.25, 0.3) is 0 Å². The molecule has 1 rings (SSSR count). The second kappa shape index (κ2) is 6.67. The van der Waals surface area contributed by atoms with Crippen molar-refractivity contribution in [2.45, 2.75) is 40.7 Å². The molecule has 17 heavy (non-hydrogen) atoms. The molecule has 0 radical (unpaired) electrons. The minimum Gasteiger partial charge on any atom is -0.374 e. The minimum absolute atomic E-state index is 0.466. The molecule has 0 saturated heterocycles. The molecule has 0 saturated carbocycles. The molecule has 1 aromatic heterocycles. The van der Waals surface area contributed by atoms with Crippen LogP contribution in [0.5, 0.6) is 0 Å². The molecule has 0 aliphatic heterocycles. The van der Waals surface area contributed by atoms with Crippen molar-refractivity contribution in [1.82, 2.24) is 9.97 Å². The number of nitrogens with two attached hydrogens (primary N) is 1. The van der Waals surface area contributed by atoms with Gasteiger partial charge in [0.25, 0.3) is 0 Å². The van der Waals surface area contributed by atoms with Gasteiger partial charge < -0.3 is 10.5 Å². The second-order valence-electron chi connectivity index (χ2n) is 4.47. The van der Waals surface area contributed by atoms with Crippen molar-refractivity contribution in [1.29, 1.82) is 0 Å². The van der Waals surface area contributed by atoms with Crippen LogP contribution in [0.3, 0.4) is 0 Å². The van der Waals surface area contributed by atoms with Crippen LogP contribution in [0.15, 0.2) is 0 Å². The summed E-state index contributed by atoms with van der Waals surface area (Å²) in [4.78, 5) is 8.96. The van der Waals surface area contributed by atoms with Crippen LogP contribution in [-0.4, -0.2) is 23.1 Å². The molecule has 1 heterocycles. The Hall–Kier alpha value is -1.00. The van der Waals surface area contributed by atoms with E-state index in [1.807, 2.05) is 20.8 Å². The molecule has 4 nitrogen and oxygen atoms in total. The SMILES string of the molecule is CCOCc1nc(C)c(CC(C)CN)c(C)n1. The van der Waals surface area contributed by atoms with Gasteiger partial charge in [0.2, 0.25) is 0 Å². The van der Waals surface area contributed by atoms with Gasteiger partial charge in [0, 0.05) is 18.0 Å². The lowest BCUT2D eigenvalue weighted by Crippen LogP contribution is -2.16. The molecule has 1 atom stereocenters. The smallest absolute Gasteiger partial charge is 0.154 e. The molecule has 0 bridgehead atoms. The van der Waals surface area contributed by atoms with Crippen molar-refractivity contribution in [3.8, 4) is 0 Å². The largest absolute Gasteiger partial charge is 0.374 e. The predicted octanol–water partition coefficient (Wildman–Crippen LogP) is 1.77. The van der Waals surface area contributed by atoms with Crippen molar-refractivity contribution in [2.75, 3.05) is 13.2 Å². The highest BCUT2D eigenvalue weighted by atomic mass is 16.5. The Labute approximate surface area is 104 Å². The molecule has 0 aliphatic rings. The van der Waals surface area contributed by atoms with Crippen molar-refractivity contribution in [2.24, 2.45) is 11.7 Å². The number of ether oxygens (including phenoxy) is 1. The zero-order valence-electron chi connectivity index (χ0n) is 11.3. The monoisotopic (exact) mass is 237 g/mol. The van der Waals surface area contributed by atoms with Gasteiger partial charge in [-0.25, -0.2) is 9.97 Å². The van der Waals surface area contributed by atoms with E-state index in [9.17, 15) is 0 Å². The van der Waals surface area contributed by atoms with E-state index in [1.165, 1.54) is 5.56 Å². The maximum absolute atomic E-state index is 5.65. The normalized spacial score (nSPS) is 12.8. The molecular formula is C13H23N3O. The Morgan fingerprint density at radius 3 is 2.29 bits per heavy atom. The van der Waals surface area contributed by atoms with Gasteiger partial charge in [-0.3, -0.25) is 0 Å². The van der Waals surface area contributed by atoms with Gasteiger partial charge in [-0.05, 0) is 45.2 Å². The van der Waals surface area contributed by atoms with Crippen LogP contribution in [0.1, 0.15) is 36.6 Å². The third-order valence-corrected chi connectivity index (χ3v) is 2.86. The molecule has 1 aromatic rings. The maximum atomic E-state index is 5.65. The van der Waals surface area contributed by atoms with E-state index in [1.54, 1.807) is 0 Å². The zero-order chi connectivity index (χ0) is 12.8. The lowest BCUT2D eigenvalue weighted by atomic mass is 9.99. The molecule has 0 aliphatic carbocycles. The number of aryl methyl sites for hydroxylation is 2. The number of hydrogen-bond donors (Lipinski definition) is 1. The van der Waals surface area contributed by atoms with Gasteiger partial charge >= 0.3 is 0 Å². The van der Waals surface area contributed by atoms with Crippen molar-refractivity contribution < 1.29 is 4.74 Å². The number of aromatic nitrogens is 2. The summed E-state index contributed by atoms with van der Waals surface area (Å²) in [5, 5.41) is 0. The highest BCUT2D eigenvalue weighted by molar-refractivity contribution is 5.24. The Kier molecular flexibility index (Phi) is 5.51. The lowest BCUT2D eigenvalue weighted by molar-refractivity contribution is 0.128. The standard InChI is InChI=1S/C13H23N3O/c1-5-17-8-13-15-10(3)12(11(4)16-13)6-9(2)7-14/h9H,5-8,14H2,1-4H3. The van der Waals surface area contributed by atoms with E-state index < -0.39 is 0 Å². The highest BCUT2D eigenvalue weighted by Gasteiger charge is 2.11. The summed E-state index contributed by atoms with van der Waals surface area (Å²) in [6.45, 7) is 10.0. The average Bonchev–Trinajstić information content (AvgIpc) is 2.30. The predicted molar refractivity (Wildman–Crippen MR) is 68.8 cm³/mol. The summed E-state index contributed by atoms with van der Waals surface area (Å²) in [6, 6.07) is 0. The van der Waals surface area contributed by atoms with Gasteiger partial charge in [-0.15, -0.1) is 0 Å². The summed E-state index contributed by atoms with van der Waals surface area (Å²) in [5.74, 6) is 1.24. The zero-order valence-corrected chi connectivity index (χ0v) is 11.3. The Morgan fingerprint density at radius 2 is 1.82 bits per heavy atom. The average molecular weight is 237 g/mol. The summed E-state index contributed by atoms with van der Waals surface area (Å²) in [6.07, 6.45) is 0.948. The third-order valence-electron chi connectivity index (χ3n) is 2.86. The van der Waals surface area contributed by atoms with Crippen molar-refractivity contribution >= 4 is 0 Å². The Balaban J connectivity index is 2.86. The quantitative estimate of drug-likeness (QED) is 0.819. The topological polar surface area (TPSA) is 61.0 Å². The van der Waals surface area contributed by atoms with E-state index in [-0.39, 0.29) is 0 Å². The van der Waals surface area contributed by atoms with Crippen LogP contribution < -0.4 is 5.73 Å². The second-order valence-corrected chi connectivity index (χ2v) is 4.47. The van der Waals surface area contributed by atoms with Gasteiger partial charge in [0.15, 0.2) is 5.82 Å². The number of hydrogen-bond acceptors (Lipinski definition) is 4. The number of rotatable bonds is 6. The first-order valence-corrected chi connectivity index (χ1v) is 6.19. The number of nitrogens with zero attached hydrogens (tertiary/aromatic N) is 2. The fourth-order valence-corrected chi connectivity index (χ4v) is 1.79. The van der Waals surface area contributed by atoms with E-state index in [2.05, 4.69) is 16.9 Å². The first-order valence-electron chi connectivity index (χ1n) is 6.19. The van der Waals surface area contributed by atoms with E-state index >= 15 is 0 Å². The molecule has 0 amide bonds. The molecule has 0 fully saturated rings. The first kappa shape index (κ1) is 14.1. The van der Waals surface area contributed by atoms with Gasteiger partial charge in [0.1, 0.15) is 6.61 Å². The Bertz CT molecular complexity index is 343. The maximum Gasteiger partial charge on any atom is 0.154 e. The molecule has 96 valence electrons. The summed E-state index contributed by atoms with van der Waals surface area (Å²) >= 11 is 0. The van der Waals surface area contributed by atoms with Gasteiger partial charge in [-0.2, -0.15) is 0 Å². The summed E-state index contributed by atoms with van der Waals surface area (Å²) in [7, 11) is 0. The summed E-state index contributed by atoms with van der Waals surface area (Å²) < 4.78 is 5.33. The van der Waals surface area contributed by atoms with Gasteiger partial charge in [0.05, 0.1) is 0 Å². The van der Waals surface area contributed by atoms with E-state index in [4.69, 9.17) is 10.5 Å². The van der Waals surface area contributed by atoms with Crippen molar-refractivity contribution in [3.63, 3.8) is 0 Å². The summed E-state index contributed by atoms with van der Waals surface area (Å²) in [5.41, 5.74) is 8.98. The van der Waals surface area contributed by atoms with E-state index in [0.717, 1.165) is 23.6 Å². The van der Waals surface area contributed by atoms with Gasteiger partial charge in [-0.1, -0.05) is 6.92 Å². The molecule has 1 unspecified atom stereocenters. The van der Waals surface area contributed by atoms with Crippen LogP contribution in [0.2, 0.25) is 0 Å². The molecule has 4 heteroatoms. The van der Waals surface area contributed by atoms with Crippen LogP contribution in [0.4, 0.5) is 0 Å².